The van der Waals surface area contributed by atoms with Crippen LogP contribution in [-0.2, 0) is 16.0 Å². The summed E-state index contributed by atoms with van der Waals surface area (Å²) < 4.78 is 5.62. The fourth-order valence-electron chi connectivity index (χ4n) is 2.14. The molecule has 3 nitrogen and oxygen atoms in total. The van der Waals surface area contributed by atoms with Gasteiger partial charge in [0, 0.05) is 13.0 Å². The van der Waals surface area contributed by atoms with Gasteiger partial charge in [0.25, 0.3) is 0 Å². The minimum absolute atomic E-state index is 0.128. The van der Waals surface area contributed by atoms with Crippen molar-refractivity contribution in [2.75, 3.05) is 6.61 Å². The largest absolute Gasteiger partial charge is 0.508 e. The Morgan fingerprint density at radius 2 is 2.06 bits per heavy atom. The van der Waals surface area contributed by atoms with E-state index in [0.29, 0.717) is 13.0 Å². The van der Waals surface area contributed by atoms with Crippen molar-refractivity contribution in [2.24, 2.45) is 0 Å². The summed E-state index contributed by atoms with van der Waals surface area (Å²) in [7, 11) is 0. The van der Waals surface area contributed by atoms with E-state index >= 15 is 0 Å². The lowest BCUT2D eigenvalue weighted by molar-refractivity contribution is -0.147. The van der Waals surface area contributed by atoms with Crippen LogP contribution in [0.2, 0.25) is 0 Å². The van der Waals surface area contributed by atoms with Gasteiger partial charge in [-0.05, 0) is 43.9 Å². The van der Waals surface area contributed by atoms with Crippen molar-refractivity contribution in [3.05, 3.63) is 29.8 Å². The highest BCUT2D eigenvalue weighted by Crippen LogP contribution is 2.26. The van der Waals surface area contributed by atoms with Gasteiger partial charge in [-0.1, -0.05) is 12.1 Å². The quantitative estimate of drug-likeness (QED) is 0.873. The van der Waals surface area contributed by atoms with Gasteiger partial charge in [0.15, 0.2) is 5.78 Å². The third-order valence-electron chi connectivity index (χ3n) is 3.36. The zero-order chi connectivity index (χ0) is 12.3. The fraction of sp³-hybridized carbons (Fsp3) is 0.500. The third kappa shape index (κ3) is 2.86. The summed E-state index contributed by atoms with van der Waals surface area (Å²) in [5.74, 6) is 0.351. The van der Waals surface area contributed by atoms with Crippen molar-refractivity contribution in [2.45, 2.75) is 38.2 Å². The Balaban J connectivity index is 2.03. The second-order valence-electron chi connectivity index (χ2n) is 4.80. The third-order valence-corrected chi connectivity index (χ3v) is 3.36. The lowest BCUT2D eigenvalue weighted by Gasteiger charge is -2.32. The van der Waals surface area contributed by atoms with E-state index in [1.165, 1.54) is 0 Å². The predicted octanol–water partition coefficient (Wildman–Crippen LogP) is 2.46. The Morgan fingerprint density at radius 1 is 1.35 bits per heavy atom. The predicted molar refractivity (Wildman–Crippen MR) is 65.0 cm³/mol. The molecule has 1 unspecified atom stereocenters. The van der Waals surface area contributed by atoms with E-state index < -0.39 is 5.60 Å². The maximum Gasteiger partial charge on any atom is 0.168 e. The Kier molecular flexibility index (Phi) is 3.48. The molecule has 1 heterocycles. The normalized spacial score (nSPS) is 24.5. The van der Waals surface area contributed by atoms with E-state index in [1.54, 1.807) is 24.3 Å². The fourth-order valence-corrected chi connectivity index (χ4v) is 2.14. The van der Waals surface area contributed by atoms with Crippen LogP contribution in [0.4, 0.5) is 0 Å². The smallest absolute Gasteiger partial charge is 0.168 e. The molecule has 1 atom stereocenters. The van der Waals surface area contributed by atoms with E-state index in [-0.39, 0.29) is 11.5 Å². The number of ether oxygens (including phenoxy) is 1. The minimum atomic E-state index is -0.615. The molecule has 0 saturated carbocycles. The van der Waals surface area contributed by atoms with Crippen LogP contribution in [0.3, 0.4) is 0 Å². The van der Waals surface area contributed by atoms with Crippen LogP contribution in [0.5, 0.6) is 5.75 Å². The lowest BCUT2D eigenvalue weighted by atomic mass is 9.88. The van der Waals surface area contributed by atoms with Crippen LogP contribution in [0.1, 0.15) is 31.7 Å². The molecular formula is C14H18O3. The van der Waals surface area contributed by atoms with Crippen LogP contribution in [0.25, 0.3) is 0 Å². The number of carbonyl (C=O) groups excluding carboxylic acids is 1. The molecule has 1 N–H and O–H groups in total. The van der Waals surface area contributed by atoms with Gasteiger partial charge < -0.3 is 9.84 Å². The van der Waals surface area contributed by atoms with Crippen LogP contribution in [0, 0.1) is 0 Å². The molecule has 1 aliphatic heterocycles. The van der Waals surface area contributed by atoms with Crippen molar-refractivity contribution >= 4 is 5.78 Å². The van der Waals surface area contributed by atoms with Crippen molar-refractivity contribution in [3.8, 4) is 5.75 Å². The molecule has 0 radical (unpaired) electrons. The summed E-state index contributed by atoms with van der Waals surface area (Å²) in [6.07, 6.45) is 3.28. The first-order chi connectivity index (χ1) is 8.10. The van der Waals surface area contributed by atoms with Gasteiger partial charge in [0.1, 0.15) is 11.4 Å². The number of benzene rings is 1. The number of hydrogen-bond donors (Lipinski definition) is 1. The summed E-state index contributed by atoms with van der Waals surface area (Å²) in [5.41, 5.74) is 0.305. The molecule has 1 aromatic carbocycles. The molecule has 0 aromatic heterocycles. The van der Waals surface area contributed by atoms with Crippen molar-refractivity contribution in [3.63, 3.8) is 0 Å². The molecule has 1 fully saturated rings. The van der Waals surface area contributed by atoms with Crippen LogP contribution in [-0.4, -0.2) is 23.1 Å². The summed E-state index contributed by atoms with van der Waals surface area (Å²) in [6, 6.07) is 6.76. The molecule has 1 saturated heterocycles. The summed E-state index contributed by atoms with van der Waals surface area (Å²) >= 11 is 0. The zero-order valence-electron chi connectivity index (χ0n) is 10.1. The Morgan fingerprint density at radius 3 is 2.65 bits per heavy atom. The number of rotatable bonds is 3. The van der Waals surface area contributed by atoms with E-state index in [2.05, 4.69) is 0 Å². The number of phenols is 1. The number of carbonyl (C=O) groups is 1. The molecule has 1 aliphatic rings. The van der Waals surface area contributed by atoms with Crippen molar-refractivity contribution < 1.29 is 14.6 Å². The van der Waals surface area contributed by atoms with E-state index in [9.17, 15) is 9.90 Å². The second-order valence-corrected chi connectivity index (χ2v) is 4.80. The maximum atomic E-state index is 12.2. The average Bonchev–Trinajstić information content (AvgIpc) is 2.33. The molecule has 0 aliphatic carbocycles. The molecular weight excluding hydrogens is 216 g/mol. The number of phenolic OH excluding ortho intramolecular Hbond substituents is 1. The highest BCUT2D eigenvalue weighted by atomic mass is 16.5. The summed E-state index contributed by atoms with van der Waals surface area (Å²) in [6.45, 7) is 2.56. The van der Waals surface area contributed by atoms with E-state index in [0.717, 1.165) is 24.8 Å². The Hall–Kier alpha value is -1.35. The van der Waals surface area contributed by atoms with Crippen molar-refractivity contribution in [1.29, 1.82) is 0 Å². The number of aromatic hydroxyl groups is 1. The van der Waals surface area contributed by atoms with Gasteiger partial charge in [-0.2, -0.15) is 0 Å². The van der Waals surface area contributed by atoms with Gasteiger partial charge in [0.2, 0.25) is 0 Å². The average molecular weight is 234 g/mol. The summed E-state index contributed by atoms with van der Waals surface area (Å²) in [5, 5.41) is 9.18. The van der Waals surface area contributed by atoms with Crippen molar-refractivity contribution in [1.82, 2.24) is 0 Å². The van der Waals surface area contributed by atoms with Crippen LogP contribution >= 0.6 is 0 Å². The van der Waals surface area contributed by atoms with Gasteiger partial charge in [-0.25, -0.2) is 0 Å². The zero-order valence-corrected chi connectivity index (χ0v) is 10.1. The van der Waals surface area contributed by atoms with E-state index in [4.69, 9.17) is 4.74 Å². The second kappa shape index (κ2) is 4.88. The number of ketones is 1. The molecule has 0 bridgehead atoms. The monoisotopic (exact) mass is 234 g/mol. The maximum absolute atomic E-state index is 12.2. The molecule has 3 heteroatoms. The molecule has 2 rings (SSSR count). The molecule has 92 valence electrons. The Bertz CT molecular complexity index is 388. The Labute approximate surface area is 101 Å². The van der Waals surface area contributed by atoms with Gasteiger partial charge in [-0.3, -0.25) is 4.79 Å². The topological polar surface area (TPSA) is 46.5 Å². The first-order valence-electron chi connectivity index (χ1n) is 6.05. The lowest BCUT2D eigenvalue weighted by Crippen LogP contribution is -2.42. The number of Topliss-reactive ketones (excluding diaryl/α,β-unsaturated/α-hetero) is 1. The standard InChI is InChI=1S/C14H18O3/c1-14(8-2-3-9-17-14)13(16)10-11-4-6-12(15)7-5-11/h4-7,15H,2-3,8-10H2,1H3. The van der Waals surface area contributed by atoms with Crippen LogP contribution < -0.4 is 0 Å². The summed E-state index contributed by atoms with van der Waals surface area (Å²) in [4.78, 5) is 12.2. The highest BCUT2D eigenvalue weighted by molar-refractivity contribution is 5.88. The van der Waals surface area contributed by atoms with E-state index in [1.807, 2.05) is 6.92 Å². The van der Waals surface area contributed by atoms with Crippen LogP contribution in [0.15, 0.2) is 24.3 Å². The minimum Gasteiger partial charge on any atom is -0.508 e. The SMILES string of the molecule is CC1(C(=O)Cc2ccc(O)cc2)CCCCO1. The first-order valence-corrected chi connectivity index (χ1v) is 6.05. The van der Waals surface area contributed by atoms with Gasteiger partial charge in [-0.15, -0.1) is 0 Å². The molecule has 1 aromatic rings. The molecule has 0 amide bonds. The molecule has 0 spiro atoms. The molecule has 17 heavy (non-hydrogen) atoms. The number of hydrogen-bond acceptors (Lipinski definition) is 3. The van der Waals surface area contributed by atoms with Gasteiger partial charge >= 0.3 is 0 Å². The first kappa shape index (κ1) is 12.1. The van der Waals surface area contributed by atoms with Gasteiger partial charge in [0.05, 0.1) is 0 Å². The highest BCUT2D eigenvalue weighted by Gasteiger charge is 2.35.